The number of nitrogens with one attached hydrogen (secondary N) is 1. The number of thiophene rings is 1. The number of hydrogen-bond donors (Lipinski definition) is 2. The molecule has 0 fully saturated rings. The summed E-state index contributed by atoms with van der Waals surface area (Å²) in [6.45, 7) is 5.00. The van der Waals surface area contributed by atoms with E-state index in [9.17, 15) is 14.7 Å². The van der Waals surface area contributed by atoms with Crippen LogP contribution in [0.25, 0.3) is 10.4 Å². The fourth-order valence-corrected chi connectivity index (χ4v) is 5.22. The average molecular weight is 401 g/mol. The predicted molar refractivity (Wildman–Crippen MR) is 113 cm³/mol. The highest BCUT2D eigenvalue weighted by Gasteiger charge is 2.33. The first-order valence-corrected chi connectivity index (χ1v) is 10.3. The van der Waals surface area contributed by atoms with Crippen LogP contribution in [0.5, 0.6) is 0 Å². The molecule has 0 aliphatic heterocycles. The van der Waals surface area contributed by atoms with Gasteiger partial charge < -0.3 is 15.3 Å². The lowest BCUT2D eigenvalue weighted by atomic mass is 9.76. The summed E-state index contributed by atoms with van der Waals surface area (Å²) >= 11 is 1.58. The molecule has 0 bridgehead atoms. The largest absolute Gasteiger partial charge is 0.478 e. The van der Waals surface area contributed by atoms with Gasteiger partial charge in [0, 0.05) is 36.0 Å². The van der Waals surface area contributed by atoms with E-state index < -0.39 is 5.97 Å². The van der Waals surface area contributed by atoms with E-state index in [4.69, 9.17) is 0 Å². The Morgan fingerprint density at radius 2 is 2.00 bits per heavy atom. The van der Waals surface area contributed by atoms with E-state index in [0.717, 1.165) is 40.8 Å². The molecule has 5 nitrogen and oxygen atoms in total. The van der Waals surface area contributed by atoms with E-state index in [0.29, 0.717) is 17.7 Å². The summed E-state index contributed by atoms with van der Waals surface area (Å²) < 4.78 is 0. The second kappa shape index (κ2) is 7.68. The highest BCUT2D eigenvalue weighted by Crippen LogP contribution is 2.46. The van der Waals surface area contributed by atoms with Gasteiger partial charge in [-0.15, -0.1) is 11.3 Å². The fourth-order valence-electron chi connectivity index (χ4n) is 3.86. The van der Waals surface area contributed by atoms with Crippen LogP contribution in [0.2, 0.25) is 0 Å². The number of carbonyl (C=O) groups excluding carboxylic acids is 1. The minimum atomic E-state index is -0.884. The third-order valence-electron chi connectivity index (χ3n) is 5.36. The molecule has 3 rings (SSSR count). The zero-order chi connectivity index (χ0) is 20.6. The maximum atomic E-state index is 12.5. The maximum Gasteiger partial charge on any atom is 0.337 e. The summed E-state index contributed by atoms with van der Waals surface area (Å²) in [6.07, 6.45) is 2.74. The molecule has 0 atom stereocenters. The number of aryl methyl sites for hydroxylation is 1. The van der Waals surface area contributed by atoms with Gasteiger partial charge >= 0.3 is 5.97 Å². The Morgan fingerprint density at radius 1 is 1.29 bits per heavy atom. The molecule has 1 aromatic carbocycles. The van der Waals surface area contributed by atoms with Crippen molar-refractivity contribution >= 4 is 23.2 Å². The number of benzene rings is 1. The first kappa shape index (κ1) is 20.6. The van der Waals surface area contributed by atoms with Crippen LogP contribution >= 0.6 is 11.3 Å². The van der Waals surface area contributed by atoms with Crippen LogP contribution in [0.3, 0.4) is 0 Å². The number of rotatable bonds is 5. The number of aromatic carboxylic acids is 1. The van der Waals surface area contributed by atoms with Crippen molar-refractivity contribution in [3.8, 4) is 10.4 Å². The molecule has 1 amide bonds. The van der Waals surface area contributed by atoms with E-state index >= 15 is 0 Å². The topological polar surface area (TPSA) is 69.6 Å². The Balaban J connectivity index is 2.22. The van der Waals surface area contributed by atoms with E-state index in [2.05, 4.69) is 19.2 Å². The van der Waals surface area contributed by atoms with Gasteiger partial charge in [0.2, 0.25) is 0 Å². The minimum Gasteiger partial charge on any atom is -0.478 e. The highest BCUT2D eigenvalue weighted by atomic mass is 32.1. The number of carboxylic acid groups (broad SMARTS) is 1. The summed E-state index contributed by atoms with van der Waals surface area (Å²) in [5.74, 6) is -0.971. The molecule has 28 heavy (non-hydrogen) atoms. The van der Waals surface area contributed by atoms with E-state index in [1.165, 1.54) is 9.78 Å². The van der Waals surface area contributed by atoms with Gasteiger partial charge in [0.25, 0.3) is 5.91 Å². The fraction of sp³-hybridized carbons (Fsp3) is 0.455. The average Bonchev–Trinajstić information content (AvgIpc) is 2.98. The summed E-state index contributed by atoms with van der Waals surface area (Å²) in [4.78, 5) is 28.2. The van der Waals surface area contributed by atoms with Crippen molar-refractivity contribution in [2.45, 2.75) is 39.7 Å². The van der Waals surface area contributed by atoms with Crippen molar-refractivity contribution in [1.82, 2.24) is 10.2 Å². The van der Waals surface area contributed by atoms with Gasteiger partial charge in [-0.25, -0.2) is 4.79 Å². The third kappa shape index (κ3) is 3.84. The van der Waals surface area contributed by atoms with Gasteiger partial charge in [0.15, 0.2) is 0 Å². The molecule has 0 saturated heterocycles. The van der Waals surface area contributed by atoms with E-state index in [1.54, 1.807) is 25.4 Å². The summed E-state index contributed by atoms with van der Waals surface area (Å²) in [5.41, 5.74) is 3.91. The molecular weight excluding hydrogens is 372 g/mol. The molecule has 1 heterocycles. The number of amides is 1. The van der Waals surface area contributed by atoms with Crippen LogP contribution in [0, 0.1) is 5.41 Å². The first-order valence-electron chi connectivity index (χ1n) is 9.52. The third-order valence-corrected chi connectivity index (χ3v) is 6.69. The lowest BCUT2D eigenvalue weighted by Gasteiger charge is -2.29. The Bertz CT molecular complexity index is 928. The monoisotopic (exact) mass is 400 g/mol. The van der Waals surface area contributed by atoms with Gasteiger partial charge in [0.05, 0.1) is 5.56 Å². The molecule has 150 valence electrons. The maximum absolute atomic E-state index is 12.5. The highest BCUT2D eigenvalue weighted by molar-refractivity contribution is 7.16. The molecule has 1 aliphatic rings. The molecule has 2 N–H and O–H groups in total. The summed E-state index contributed by atoms with van der Waals surface area (Å²) in [7, 11) is 5.30. The van der Waals surface area contributed by atoms with Gasteiger partial charge in [-0.1, -0.05) is 19.9 Å². The normalized spacial score (nSPS) is 15.2. The Hall–Kier alpha value is -2.18. The Kier molecular flexibility index (Phi) is 5.64. The number of hydrogen-bond acceptors (Lipinski definition) is 4. The SMILES string of the molecule is CNCc1ccc(C(=O)N(C)C)cc1-c1sc2c(c1C(=O)O)CC(C)(C)CC2. The van der Waals surface area contributed by atoms with Crippen LogP contribution in [0.4, 0.5) is 0 Å². The van der Waals surface area contributed by atoms with Crippen molar-refractivity contribution in [1.29, 1.82) is 0 Å². The minimum absolute atomic E-state index is 0.0865. The quantitative estimate of drug-likeness (QED) is 0.794. The Labute approximate surface area is 170 Å². The zero-order valence-corrected chi connectivity index (χ0v) is 18.0. The van der Waals surface area contributed by atoms with Gasteiger partial charge in [0.1, 0.15) is 0 Å². The summed E-state index contributed by atoms with van der Waals surface area (Å²) in [6, 6.07) is 5.59. The van der Waals surface area contributed by atoms with E-state index in [-0.39, 0.29) is 11.3 Å². The van der Waals surface area contributed by atoms with Crippen LogP contribution < -0.4 is 5.32 Å². The molecule has 6 heteroatoms. The molecule has 0 spiro atoms. The summed E-state index contributed by atoms with van der Waals surface area (Å²) in [5, 5.41) is 13.2. The van der Waals surface area contributed by atoms with Crippen LogP contribution in [0.15, 0.2) is 18.2 Å². The molecule has 1 aliphatic carbocycles. The number of nitrogens with zero attached hydrogens (tertiary/aromatic N) is 1. The standard InChI is InChI=1S/C22H28N2O3S/c1-22(2)9-8-17-16(11-22)18(21(26)27)19(28-17)15-10-13(20(25)24(4)5)6-7-14(15)12-23-3/h6-7,10,23H,8-9,11-12H2,1-5H3,(H,26,27). The first-order chi connectivity index (χ1) is 13.1. The van der Waals surface area contributed by atoms with Crippen molar-refractivity contribution in [2.24, 2.45) is 5.41 Å². The molecule has 0 saturated carbocycles. The van der Waals surface area contributed by atoms with E-state index in [1.807, 2.05) is 25.2 Å². The molecule has 0 unspecified atom stereocenters. The molecule has 0 radical (unpaired) electrons. The number of carboxylic acids is 1. The lowest BCUT2D eigenvalue weighted by molar-refractivity contribution is 0.0695. The van der Waals surface area contributed by atoms with Crippen LogP contribution in [-0.2, 0) is 19.4 Å². The molecule has 1 aromatic heterocycles. The lowest BCUT2D eigenvalue weighted by Crippen LogP contribution is -2.22. The van der Waals surface area contributed by atoms with Gasteiger partial charge in [-0.3, -0.25) is 4.79 Å². The smallest absolute Gasteiger partial charge is 0.337 e. The van der Waals surface area contributed by atoms with Crippen molar-refractivity contribution in [2.75, 3.05) is 21.1 Å². The second-order valence-electron chi connectivity index (χ2n) is 8.46. The number of fused-ring (bicyclic) bond motifs is 1. The van der Waals surface area contributed by atoms with Gasteiger partial charge in [-0.2, -0.15) is 0 Å². The second-order valence-corrected chi connectivity index (χ2v) is 9.56. The predicted octanol–water partition coefficient (Wildman–Crippen LogP) is 4.05. The number of carbonyl (C=O) groups is 2. The molecular formula is C22H28N2O3S. The van der Waals surface area contributed by atoms with Crippen molar-refractivity contribution in [3.63, 3.8) is 0 Å². The van der Waals surface area contributed by atoms with Crippen molar-refractivity contribution < 1.29 is 14.7 Å². The van der Waals surface area contributed by atoms with Crippen LogP contribution in [-0.4, -0.2) is 43.0 Å². The van der Waals surface area contributed by atoms with Crippen LogP contribution in [0.1, 0.15) is 57.0 Å². The molecule has 2 aromatic rings. The van der Waals surface area contributed by atoms with Crippen molar-refractivity contribution in [3.05, 3.63) is 45.3 Å². The zero-order valence-electron chi connectivity index (χ0n) is 17.2. The van der Waals surface area contributed by atoms with Gasteiger partial charge in [-0.05, 0) is 60.5 Å². The Morgan fingerprint density at radius 3 is 2.61 bits per heavy atom.